The summed E-state index contributed by atoms with van der Waals surface area (Å²) in [6.07, 6.45) is 14.1. The first-order valence-corrected chi connectivity index (χ1v) is 13.9. The molecule has 0 atom stereocenters. The van der Waals surface area contributed by atoms with Gasteiger partial charge in [0.15, 0.2) is 0 Å². The third kappa shape index (κ3) is 8.36. The number of aromatic nitrogens is 2. The van der Waals surface area contributed by atoms with Crippen LogP contribution >= 0.6 is 21.6 Å². The molecule has 0 amide bonds. The van der Waals surface area contributed by atoms with Gasteiger partial charge in [-0.2, -0.15) is 0 Å². The molecule has 4 heteroatoms. The first-order valence-electron chi connectivity index (χ1n) is 11.5. The Labute approximate surface area is 210 Å². The van der Waals surface area contributed by atoms with Gasteiger partial charge < -0.3 is 0 Å². The van der Waals surface area contributed by atoms with Gasteiger partial charge in [-0.15, -0.1) is 0 Å². The average molecular weight is 481 g/mol. The van der Waals surface area contributed by atoms with Gasteiger partial charge in [0.05, 0.1) is 11.4 Å². The molecule has 4 rings (SSSR count). The molecule has 0 saturated carbocycles. The molecule has 4 aromatic rings. The Balaban J connectivity index is 1.12. The number of hydrogen-bond acceptors (Lipinski definition) is 4. The van der Waals surface area contributed by atoms with Crippen LogP contribution in [0.2, 0.25) is 0 Å². The van der Waals surface area contributed by atoms with Crippen LogP contribution < -0.4 is 0 Å². The summed E-state index contributed by atoms with van der Waals surface area (Å²) in [7, 11) is 3.93. The van der Waals surface area contributed by atoms with Crippen molar-refractivity contribution in [2.24, 2.45) is 0 Å². The molecule has 2 heterocycles. The van der Waals surface area contributed by atoms with E-state index in [1.807, 2.05) is 82.5 Å². The highest BCUT2D eigenvalue weighted by Crippen LogP contribution is 2.24. The Morgan fingerprint density at radius 2 is 0.941 bits per heavy atom. The maximum Gasteiger partial charge on any atom is 0.0629 e. The second kappa shape index (κ2) is 13.6. The van der Waals surface area contributed by atoms with Gasteiger partial charge in [-0.25, -0.2) is 0 Å². The van der Waals surface area contributed by atoms with Crippen LogP contribution in [0, 0.1) is 0 Å². The predicted molar refractivity (Wildman–Crippen MR) is 152 cm³/mol. The maximum atomic E-state index is 4.32. The fraction of sp³-hybridized carbons (Fsp3) is 0.133. The molecule has 0 bridgehead atoms. The van der Waals surface area contributed by atoms with Crippen molar-refractivity contribution in [3.8, 4) is 0 Å². The lowest BCUT2D eigenvalue weighted by molar-refractivity contribution is 1.16. The summed E-state index contributed by atoms with van der Waals surface area (Å²) in [6, 6.07) is 29.5. The summed E-state index contributed by atoms with van der Waals surface area (Å²) < 4.78 is 0. The van der Waals surface area contributed by atoms with E-state index in [9.17, 15) is 0 Å². The van der Waals surface area contributed by atoms with E-state index in [-0.39, 0.29) is 0 Å². The summed E-state index contributed by atoms with van der Waals surface area (Å²) >= 11 is 0. The van der Waals surface area contributed by atoms with Gasteiger partial charge in [0, 0.05) is 23.9 Å². The lowest BCUT2D eigenvalue weighted by Gasteiger charge is -2.04. The van der Waals surface area contributed by atoms with E-state index in [4.69, 9.17) is 0 Å². The van der Waals surface area contributed by atoms with Crippen LogP contribution in [0.4, 0.5) is 0 Å². The van der Waals surface area contributed by atoms with Gasteiger partial charge in [-0.1, -0.05) is 94.4 Å². The summed E-state index contributed by atoms with van der Waals surface area (Å²) in [6.45, 7) is 0. The molecule has 170 valence electrons. The summed E-state index contributed by atoms with van der Waals surface area (Å²) in [5, 5.41) is 0. The minimum absolute atomic E-state index is 0.980. The molecule has 0 aliphatic carbocycles. The third-order valence-electron chi connectivity index (χ3n) is 5.26. The van der Waals surface area contributed by atoms with E-state index in [1.165, 1.54) is 22.3 Å². The van der Waals surface area contributed by atoms with E-state index in [2.05, 4.69) is 70.7 Å². The highest BCUT2D eigenvalue weighted by atomic mass is 33.1. The predicted octanol–water partition coefficient (Wildman–Crippen LogP) is 7.98. The largest absolute Gasteiger partial charge is 0.257 e. The molecule has 0 unspecified atom stereocenters. The fourth-order valence-electron chi connectivity index (χ4n) is 3.34. The Bertz CT molecular complexity index is 1070. The summed E-state index contributed by atoms with van der Waals surface area (Å²) in [5.74, 6) is 2.26. The zero-order valence-electron chi connectivity index (χ0n) is 19.1. The van der Waals surface area contributed by atoms with Crippen LogP contribution in [0.1, 0.15) is 33.6 Å². The molecule has 2 aromatic carbocycles. The van der Waals surface area contributed by atoms with Gasteiger partial charge in [0.1, 0.15) is 0 Å². The smallest absolute Gasteiger partial charge is 0.0629 e. The van der Waals surface area contributed by atoms with Crippen molar-refractivity contribution in [3.63, 3.8) is 0 Å². The number of nitrogens with zero attached hydrogens (tertiary/aromatic N) is 2. The molecular formula is C30H28N2S2. The van der Waals surface area contributed by atoms with E-state index in [0.717, 1.165) is 35.7 Å². The van der Waals surface area contributed by atoms with E-state index in [0.29, 0.717) is 0 Å². The van der Waals surface area contributed by atoms with E-state index >= 15 is 0 Å². The van der Waals surface area contributed by atoms with Gasteiger partial charge in [0.2, 0.25) is 0 Å². The minimum Gasteiger partial charge on any atom is -0.257 e. The van der Waals surface area contributed by atoms with Crippen LogP contribution in [0.15, 0.2) is 97.3 Å². The van der Waals surface area contributed by atoms with Crippen LogP contribution in [0.3, 0.4) is 0 Å². The highest BCUT2D eigenvalue weighted by molar-refractivity contribution is 8.76. The second-order valence-electron chi connectivity index (χ2n) is 7.80. The van der Waals surface area contributed by atoms with Gasteiger partial charge in [-0.05, 0) is 71.5 Å². The molecule has 0 aliphatic rings. The van der Waals surface area contributed by atoms with Gasteiger partial charge in [-0.3, -0.25) is 9.97 Å². The van der Waals surface area contributed by atoms with Crippen LogP contribution in [0.5, 0.6) is 0 Å². The average Bonchev–Trinajstić information content (AvgIpc) is 2.91. The number of aryl methyl sites for hydroxylation is 2. The molecule has 0 aliphatic heterocycles. The summed E-state index contributed by atoms with van der Waals surface area (Å²) in [5.41, 5.74) is 7.14. The minimum atomic E-state index is 0.980. The topological polar surface area (TPSA) is 25.8 Å². The normalized spacial score (nSPS) is 11.4. The molecule has 0 spiro atoms. The zero-order valence-corrected chi connectivity index (χ0v) is 20.7. The van der Waals surface area contributed by atoms with Crippen LogP contribution in [-0.4, -0.2) is 21.5 Å². The molecule has 34 heavy (non-hydrogen) atoms. The molecule has 0 N–H and O–H groups in total. The number of hydrogen-bond donors (Lipinski definition) is 0. The molecule has 2 nitrogen and oxygen atoms in total. The van der Waals surface area contributed by atoms with Crippen LogP contribution in [0.25, 0.3) is 24.3 Å². The number of pyridine rings is 2. The lowest BCUT2D eigenvalue weighted by Crippen LogP contribution is -1.90. The second-order valence-corrected chi connectivity index (χ2v) is 10.5. The quantitative estimate of drug-likeness (QED) is 0.160. The Kier molecular flexibility index (Phi) is 9.61. The molecule has 0 radical (unpaired) electrons. The molecular weight excluding hydrogens is 452 g/mol. The molecule has 0 fully saturated rings. The Hall–Kier alpha value is -3.08. The van der Waals surface area contributed by atoms with Crippen molar-refractivity contribution in [3.05, 3.63) is 131 Å². The van der Waals surface area contributed by atoms with E-state index in [1.54, 1.807) is 0 Å². The number of benzene rings is 2. The highest BCUT2D eigenvalue weighted by Gasteiger charge is 1.98. The van der Waals surface area contributed by atoms with Crippen LogP contribution in [-0.2, 0) is 12.8 Å². The van der Waals surface area contributed by atoms with Gasteiger partial charge in [0.25, 0.3) is 0 Å². The van der Waals surface area contributed by atoms with Crippen molar-refractivity contribution in [1.29, 1.82) is 0 Å². The number of rotatable bonds is 11. The molecule has 0 saturated heterocycles. The van der Waals surface area contributed by atoms with Crippen molar-refractivity contribution in [2.45, 2.75) is 12.8 Å². The first-order chi connectivity index (χ1) is 16.8. The maximum absolute atomic E-state index is 4.32. The first kappa shape index (κ1) is 24.1. The molecule has 2 aromatic heterocycles. The fourth-order valence-corrected chi connectivity index (χ4v) is 5.42. The third-order valence-corrected chi connectivity index (χ3v) is 7.67. The van der Waals surface area contributed by atoms with Gasteiger partial charge >= 0.3 is 0 Å². The lowest BCUT2D eigenvalue weighted by atomic mass is 10.1. The van der Waals surface area contributed by atoms with Crippen molar-refractivity contribution in [1.82, 2.24) is 9.97 Å². The van der Waals surface area contributed by atoms with Crippen molar-refractivity contribution >= 4 is 45.9 Å². The SMILES string of the molecule is C(=C\c1ccccn1)/c1ccc(CCSSCCc2ccc(/C=C/c3ccccn3)cc2)cc1. The Morgan fingerprint density at radius 1 is 0.500 bits per heavy atom. The standard InChI is InChI=1S/C30H28N2S2/c1-3-21-31-29(5-1)17-15-25-7-11-27(12-8-25)19-23-33-34-24-20-28-13-9-26(10-14-28)16-18-30-6-2-4-22-32-30/h1-18,21-22H,19-20,23-24H2/b17-15+,18-16+. The Morgan fingerprint density at radius 3 is 1.32 bits per heavy atom. The zero-order chi connectivity index (χ0) is 23.3. The van der Waals surface area contributed by atoms with Crippen molar-refractivity contribution in [2.75, 3.05) is 11.5 Å². The van der Waals surface area contributed by atoms with Crippen molar-refractivity contribution < 1.29 is 0 Å². The van der Waals surface area contributed by atoms with E-state index < -0.39 is 0 Å². The monoisotopic (exact) mass is 480 g/mol. The summed E-state index contributed by atoms with van der Waals surface area (Å²) in [4.78, 5) is 8.64.